The number of aliphatic imine (C=N–C) groups is 1. The molecular weight excluding hydrogens is 453 g/mol. The second kappa shape index (κ2) is 11.2. The maximum absolute atomic E-state index is 5.94. The van der Waals surface area contributed by atoms with Crippen LogP contribution in [0.5, 0.6) is 5.75 Å². The number of aryl methyl sites for hydroxylation is 3. The molecule has 2 rings (SSSR count). The van der Waals surface area contributed by atoms with Crippen molar-refractivity contribution in [2.75, 3.05) is 13.1 Å². The van der Waals surface area contributed by atoms with Gasteiger partial charge in [-0.15, -0.1) is 24.0 Å². The molecule has 0 fully saturated rings. The molecule has 0 saturated carbocycles. The predicted octanol–water partition coefficient (Wildman–Crippen LogP) is 3.49. The highest BCUT2D eigenvalue weighted by Gasteiger charge is 2.10. The molecular formula is C20H32IN5O. The molecule has 1 unspecified atom stereocenters. The van der Waals surface area contributed by atoms with E-state index in [0.717, 1.165) is 29.6 Å². The third-order valence-corrected chi connectivity index (χ3v) is 4.31. The van der Waals surface area contributed by atoms with E-state index in [1.165, 1.54) is 11.1 Å². The van der Waals surface area contributed by atoms with E-state index in [1.54, 1.807) is 0 Å². The largest absolute Gasteiger partial charge is 0.489 e. The average molecular weight is 485 g/mol. The Morgan fingerprint density at radius 1 is 1.19 bits per heavy atom. The van der Waals surface area contributed by atoms with Crippen molar-refractivity contribution in [1.82, 2.24) is 20.4 Å². The fourth-order valence-electron chi connectivity index (χ4n) is 2.68. The Morgan fingerprint density at radius 3 is 2.41 bits per heavy atom. The normalized spacial score (nSPS) is 12.3. The van der Waals surface area contributed by atoms with Crippen LogP contribution in [0, 0.1) is 20.8 Å². The number of nitrogens with one attached hydrogen (secondary N) is 2. The first-order valence-electron chi connectivity index (χ1n) is 9.15. The number of hydrogen-bond donors (Lipinski definition) is 2. The van der Waals surface area contributed by atoms with Gasteiger partial charge in [-0.2, -0.15) is 5.10 Å². The number of nitrogens with zero attached hydrogens (tertiary/aromatic N) is 3. The minimum absolute atomic E-state index is 0. The van der Waals surface area contributed by atoms with Crippen molar-refractivity contribution in [3.05, 3.63) is 46.8 Å². The predicted molar refractivity (Wildman–Crippen MR) is 122 cm³/mol. The lowest BCUT2D eigenvalue weighted by atomic mass is 10.2. The molecule has 2 N–H and O–H groups in total. The fourth-order valence-corrected chi connectivity index (χ4v) is 2.68. The van der Waals surface area contributed by atoms with Crippen molar-refractivity contribution in [2.24, 2.45) is 12.0 Å². The van der Waals surface area contributed by atoms with Crippen molar-refractivity contribution in [1.29, 1.82) is 0 Å². The smallest absolute Gasteiger partial charge is 0.191 e. The molecule has 0 radical (unpaired) electrons. The van der Waals surface area contributed by atoms with Gasteiger partial charge in [-0.3, -0.25) is 4.68 Å². The molecule has 0 bridgehead atoms. The highest BCUT2D eigenvalue weighted by atomic mass is 127. The summed E-state index contributed by atoms with van der Waals surface area (Å²) in [4.78, 5) is 4.69. The minimum Gasteiger partial charge on any atom is -0.489 e. The molecule has 0 aliphatic rings. The van der Waals surface area contributed by atoms with Gasteiger partial charge < -0.3 is 15.4 Å². The van der Waals surface area contributed by atoms with Gasteiger partial charge in [0.05, 0.1) is 18.8 Å². The second-order valence-corrected chi connectivity index (χ2v) is 6.59. The van der Waals surface area contributed by atoms with Gasteiger partial charge >= 0.3 is 0 Å². The van der Waals surface area contributed by atoms with Crippen LogP contribution in [0.4, 0.5) is 0 Å². The van der Waals surface area contributed by atoms with E-state index in [2.05, 4.69) is 48.6 Å². The van der Waals surface area contributed by atoms with E-state index in [0.29, 0.717) is 13.1 Å². The monoisotopic (exact) mass is 485 g/mol. The van der Waals surface area contributed by atoms with Crippen LogP contribution < -0.4 is 15.4 Å². The van der Waals surface area contributed by atoms with Crippen LogP contribution in [0.1, 0.15) is 36.4 Å². The van der Waals surface area contributed by atoms with E-state index < -0.39 is 0 Å². The molecule has 1 aromatic heterocycles. The summed E-state index contributed by atoms with van der Waals surface area (Å²) in [6, 6.07) is 8.11. The molecule has 27 heavy (non-hydrogen) atoms. The Morgan fingerprint density at radius 2 is 1.85 bits per heavy atom. The zero-order valence-corrected chi connectivity index (χ0v) is 19.5. The summed E-state index contributed by atoms with van der Waals surface area (Å²) in [5.41, 5.74) is 4.58. The maximum Gasteiger partial charge on any atom is 0.191 e. The quantitative estimate of drug-likeness (QED) is 0.358. The molecule has 7 heteroatoms. The topological polar surface area (TPSA) is 63.5 Å². The van der Waals surface area contributed by atoms with Crippen molar-refractivity contribution in [3.63, 3.8) is 0 Å². The number of aromatic nitrogens is 2. The Labute approximate surface area is 179 Å². The zero-order chi connectivity index (χ0) is 19.1. The van der Waals surface area contributed by atoms with Gasteiger partial charge in [-0.25, -0.2) is 4.99 Å². The Balaban J connectivity index is 0.00000364. The molecule has 0 aliphatic heterocycles. The van der Waals surface area contributed by atoms with Crippen LogP contribution in [-0.2, 0) is 13.6 Å². The van der Waals surface area contributed by atoms with E-state index >= 15 is 0 Å². The molecule has 0 amide bonds. The third kappa shape index (κ3) is 7.04. The second-order valence-electron chi connectivity index (χ2n) is 6.59. The third-order valence-electron chi connectivity index (χ3n) is 4.31. The van der Waals surface area contributed by atoms with Gasteiger partial charge in [0, 0.05) is 24.8 Å². The first-order valence-corrected chi connectivity index (χ1v) is 9.15. The molecule has 0 saturated heterocycles. The highest BCUT2D eigenvalue weighted by molar-refractivity contribution is 14.0. The van der Waals surface area contributed by atoms with Gasteiger partial charge in [-0.05, 0) is 46.8 Å². The summed E-state index contributed by atoms with van der Waals surface area (Å²) in [6.45, 7) is 12.4. The Hall–Kier alpha value is -1.77. The summed E-state index contributed by atoms with van der Waals surface area (Å²) < 4.78 is 7.84. The summed E-state index contributed by atoms with van der Waals surface area (Å²) >= 11 is 0. The summed E-state index contributed by atoms with van der Waals surface area (Å²) in [5.74, 6) is 1.67. The standard InChI is InChI=1S/C20H31N5O.HI/c1-7-21-20(23-13-19-16(4)24-25(6)17(19)5)22-12-15(3)26-18-10-8-14(2)9-11-18;/h8-11,15H,7,12-13H2,1-6H3,(H2,21,22,23);1H. The van der Waals surface area contributed by atoms with Gasteiger partial charge in [-0.1, -0.05) is 17.7 Å². The van der Waals surface area contributed by atoms with E-state index in [-0.39, 0.29) is 30.1 Å². The van der Waals surface area contributed by atoms with Crippen LogP contribution in [0.2, 0.25) is 0 Å². The number of benzene rings is 1. The lowest BCUT2D eigenvalue weighted by Crippen LogP contribution is -2.41. The maximum atomic E-state index is 5.94. The van der Waals surface area contributed by atoms with Crippen molar-refractivity contribution < 1.29 is 4.74 Å². The SMILES string of the molecule is CCNC(=NCc1c(C)nn(C)c1C)NCC(C)Oc1ccc(C)cc1.I. The molecule has 1 aromatic carbocycles. The van der Waals surface area contributed by atoms with Gasteiger partial charge in [0.1, 0.15) is 11.9 Å². The van der Waals surface area contributed by atoms with Crippen LogP contribution in [0.25, 0.3) is 0 Å². The lowest BCUT2D eigenvalue weighted by molar-refractivity contribution is 0.224. The van der Waals surface area contributed by atoms with Crippen molar-refractivity contribution in [2.45, 2.75) is 47.3 Å². The number of halogens is 1. The number of hydrogen-bond acceptors (Lipinski definition) is 3. The zero-order valence-electron chi connectivity index (χ0n) is 17.2. The first-order chi connectivity index (χ1) is 12.4. The minimum atomic E-state index is 0. The Bertz CT molecular complexity index is 740. The number of ether oxygens (including phenoxy) is 1. The van der Waals surface area contributed by atoms with Crippen molar-refractivity contribution >= 4 is 29.9 Å². The van der Waals surface area contributed by atoms with Crippen LogP contribution in [0.15, 0.2) is 29.3 Å². The van der Waals surface area contributed by atoms with Crippen LogP contribution >= 0.6 is 24.0 Å². The molecule has 0 aliphatic carbocycles. The average Bonchev–Trinajstić information content (AvgIpc) is 2.85. The van der Waals surface area contributed by atoms with Crippen LogP contribution in [-0.4, -0.2) is 34.9 Å². The molecule has 6 nitrogen and oxygen atoms in total. The lowest BCUT2D eigenvalue weighted by Gasteiger charge is -2.18. The van der Waals surface area contributed by atoms with E-state index in [4.69, 9.17) is 9.73 Å². The number of rotatable bonds is 7. The molecule has 0 spiro atoms. The van der Waals surface area contributed by atoms with E-state index in [1.807, 2.05) is 37.7 Å². The van der Waals surface area contributed by atoms with Gasteiger partial charge in [0.2, 0.25) is 0 Å². The summed E-state index contributed by atoms with van der Waals surface area (Å²) in [5, 5.41) is 11.1. The highest BCUT2D eigenvalue weighted by Crippen LogP contribution is 2.14. The molecule has 2 aromatic rings. The van der Waals surface area contributed by atoms with Crippen molar-refractivity contribution in [3.8, 4) is 5.75 Å². The van der Waals surface area contributed by atoms with Gasteiger partial charge in [0.25, 0.3) is 0 Å². The van der Waals surface area contributed by atoms with E-state index in [9.17, 15) is 0 Å². The summed E-state index contributed by atoms with van der Waals surface area (Å²) in [7, 11) is 1.96. The molecule has 150 valence electrons. The molecule has 1 atom stereocenters. The molecule has 1 heterocycles. The first kappa shape index (κ1) is 23.3. The van der Waals surface area contributed by atoms with Gasteiger partial charge in [0.15, 0.2) is 5.96 Å². The number of guanidine groups is 1. The fraction of sp³-hybridized carbons (Fsp3) is 0.500. The summed E-state index contributed by atoms with van der Waals surface area (Å²) in [6.07, 6.45) is 0.0310. The van der Waals surface area contributed by atoms with Crippen LogP contribution in [0.3, 0.4) is 0 Å². The Kier molecular flexibility index (Phi) is 9.62.